The van der Waals surface area contributed by atoms with E-state index in [2.05, 4.69) is 47.4 Å². The molecule has 3 aliphatic rings. The first kappa shape index (κ1) is 65.9. The van der Waals surface area contributed by atoms with Crippen LogP contribution in [0.1, 0.15) is 136 Å². The van der Waals surface area contributed by atoms with Crippen LogP contribution in [0.3, 0.4) is 0 Å². The maximum Gasteiger partial charge on any atom is 0.248 e. The zero-order chi connectivity index (χ0) is 59.5. The second-order valence-corrected chi connectivity index (χ2v) is 23.3. The summed E-state index contributed by atoms with van der Waals surface area (Å²) in [5.74, 6) is -6.07. The molecule has 3 unspecified atom stereocenters. The van der Waals surface area contributed by atoms with Crippen molar-refractivity contribution in [3.63, 3.8) is 0 Å². The first-order valence-corrected chi connectivity index (χ1v) is 29.2. The summed E-state index contributed by atoms with van der Waals surface area (Å²) in [6.45, 7) is 7.14. The van der Waals surface area contributed by atoms with Crippen LogP contribution in [0, 0.1) is 23.2 Å². The first-order chi connectivity index (χ1) is 38.5. The standard InChI is InChI=1S/C57H84N8O15S/c1-5-32(2)27-33(3)15-11-8-6-7-9-14-18-45(72)59-40-29-44(71)56(81-38-16-12-10-13-17-38)63-55(79)49-43(70)24-26-64(49)46(73)30-39(42(69)23-25-58)60-54(78)48(51(75)50(74)35-19-21-36(67)22-20-35)62-53(77)41-28-37(68)31-65(41)57(80)47(34(4)66)61-52(40)76/h10,12-13,16-17,19-22,32-34,37,39-44,47-51,56,66-71,74-75H,5-9,11,14-15,18,23-24,26-31H2,1-4H3,(H,59,72)(H,60,78)(H,61,76)(H,62,77)(H,63,79)/t32?,33?,34-,37-,39?,40+,41+,42-,43+,44-,47+,48+,49+,50+,51+,56-/m1/s1. The number of amides is 7. The van der Waals surface area contributed by atoms with E-state index in [0.29, 0.717) is 29.6 Å². The predicted molar refractivity (Wildman–Crippen MR) is 297 cm³/mol. The number of unbranched alkanes of at least 4 members (excludes halogenated alkanes) is 5. The summed E-state index contributed by atoms with van der Waals surface area (Å²) in [6, 6.07) is 4.24. The van der Waals surface area contributed by atoms with Gasteiger partial charge in [0.2, 0.25) is 41.4 Å². The van der Waals surface area contributed by atoms with Gasteiger partial charge in [-0.3, -0.25) is 33.6 Å². The van der Waals surface area contributed by atoms with Crippen molar-refractivity contribution < 1.29 is 74.4 Å². The Morgan fingerprint density at radius 1 is 0.765 bits per heavy atom. The highest BCUT2D eigenvalue weighted by Gasteiger charge is 2.47. The molecule has 2 aromatic carbocycles. The minimum Gasteiger partial charge on any atom is -0.508 e. The molecule has 7 amide bonds. The number of benzene rings is 2. The molecule has 448 valence electrons. The Balaban J connectivity index is 1.51. The number of phenolic OH excluding ortho intramolecular Hbond substituents is 1. The molecule has 3 fully saturated rings. The molecular formula is C57H84N8O15S. The summed E-state index contributed by atoms with van der Waals surface area (Å²) in [4.78, 5) is 103. The van der Waals surface area contributed by atoms with Crippen molar-refractivity contribution in [1.29, 1.82) is 5.26 Å². The van der Waals surface area contributed by atoms with Gasteiger partial charge in [0.25, 0.3) is 0 Å². The highest BCUT2D eigenvalue weighted by atomic mass is 32.2. The van der Waals surface area contributed by atoms with Crippen LogP contribution in [-0.4, -0.2) is 183 Å². The molecule has 23 nitrogen and oxygen atoms in total. The zero-order valence-electron chi connectivity index (χ0n) is 46.6. The van der Waals surface area contributed by atoms with E-state index in [1.165, 1.54) is 30.7 Å². The Bertz CT molecular complexity index is 2440. The molecule has 0 aliphatic carbocycles. The van der Waals surface area contributed by atoms with Crippen molar-refractivity contribution in [2.75, 3.05) is 13.1 Å². The number of aromatic hydroxyl groups is 1. The van der Waals surface area contributed by atoms with Gasteiger partial charge in [-0.05, 0) is 67.9 Å². The molecule has 3 saturated heterocycles. The van der Waals surface area contributed by atoms with Crippen molar-refractivity contribution in [3.05, 3.63) is 60.2 Å². The highest BCUT2D eigenvalue weighted by molar-refractivity contribution is 8.00. The number of hydrogen-bond donors (Lipinski definition) is 13. The summed E-state index contributed by atoms with van der Waals surface area (Å²) in [5, 5.41) is 111. The second kappa shape index (κ2) is 32.1. The van der Waals surface area contributed by atoms with E-state index in [0.717, 1.165) is 67.0 Å². The number of phenols is 1. The van der Waals surface area contributed by atoms with Gasteiger partial charge < -0.3 is 77.2 Å². The summed E-state index contributed by atoms with van der Waals surface area (Å²) >= 11 is 0.943. The highest BCUT2D eigenvalue weighted by Crippen LogP contribution is 2.30. The van der Waals surface area contributed by atoms with Gasteiger partial charge in [-0.1, -0.05) is 108 Å². The number of thioether (sulfide) groups is 1. The second-order valence-electron chi connectivity index (χ2n) is 22.1. The van der Waals surface area contributed by atoms with Crippen LogP contribution in [0.2, 0.25) is 0 Å². The van der Waals surface area contributed by atoms with Crippen molar-refractivity contribution in [2.24, 2.45) is 11.8 Å². The number of nitriles is 1. The van der Waals surface area contributed by atoms with Crippen molar-refractivity contribution in [3.8, 4) is 11.8 Å². The van der Waals surface area contributed by atoms with Crippen LogP contribution >= 0.6 is 11.8 Å². The van der Waals surface area contributed by atoms with Crippen molar-refractivity contribution in [1.82, 2.24) is 36.4 Å². The summed E-state index contributed by atoms with van der Waals surface area (Å²) in [7, 11) is 0. The molecule has 24 heteroatoms. The minimum absolute atomic E-state index is 0.0243. The number of rotatable bonds is 21. The van der Waals surface area contributed by atoms with E-state index >= 15 is 0 Å². The number of fused-ring (bicyclic) bond motifs is 2. The lowest BCUT2D eigenvalue weighted by Crippen LogP contribution is -2.63. The third-order valence-corrected chi connectivity index (χ3v) is 16.7. The topological polar surface area (TPSA) is 372 Å². The SMILES string of the molecule is CCC(C)CC(C)CCCCCCCCC(=O)N[C@H]1C[C@@H](O)[C@@H](Sc2ccccc2)NC(=O)[C@@H]2[C@@H](O)CCN2C(=O)CC([C@H](O)CC#N)NC(=O)[C@H]([C@H](O)[C@@H](O)c2ccc(O)cc2)NC(=O)[C@@H]2C[C@@H](O)CN2C(=O)[C@H]([C@@H](C)O)NC1=O. The van der Waals surface area contributed by atoms with Gasteiger partial charge in [0.05, 0.1) is 49.1 Å². The van der Waals surface area contributed by atoms with Crippen LogP contribution in [-0.2, 0) is 33.6 Å². The molecule has 13 N–H and O–H groups in total. The third kappa shape index (κ3) is 19.3. The zero-order valence-corrected chi connectivity index (χ0v) is 47.5. The number of aliphatic hydroxyl groups excluding tert-OH is 7. The molecule has 5 rings (SSSR count). The average molecular weight is 1150 g/mol. The van der Waals surface area contributed by atoms with E-state index in [1.807, 2.05) is 0 Å². The Hall–Kier alpha value is -5.91. The normalized spacial score (nSPS) is 27.8. The van der Waals surface area contributed by atoms with E-state index in [9.17, 15) is 79.7 Å². The number of aliphatic hydroxyl groups is 7. The molecule has 81 heavy (non-hydrogen) atoms. The van der Waals surface area contributed by atoms with Gasteiger partial charge in [-0.2, -0.15) is 5.26 Å². The van der Waals surface area contributed by atoms with E-state index in [-0.39, 0.29) is 30.7 Å². The number of nitrogens with one attached hydrogen (secondary N) is 5. The van der Waals surface area contributed by atoms with Gasteiger partial charge in [0, 0.05) is 43.7 Å². The third-order valence-electron chi connectivity index (χ3n) is 15.5. The monoisotopic (exact) mass is 1150 g/mol. The van der Waals surface area contributed by atoms with Crippen LogP contribution in [0.4, 0.5) is 0 Å². The van der Waals surface area contributed by atoms with Gasteiger partial charge in [0.15, 0.2) is 0 Å². The molecule has 0 aromatic heterocycles. The molecule has 0 radical (unpaired) electrons. The lowest BCUT2D eigenvalue weighted by atomic mass is 9.91. The Morgan fingerprint density at radius 2 is 1.42 bits per heavy atom. The van der Waals surface area contributed by atoms with Crippen molar-refractivity contribution in [2.45, 2.75) is 213 Å². The fourth-order valence-corrected chi connectivity index (χ4v) is 11.6. The number of hydrogen-bond acceptors (Lipinski definition) is 17. The van der Waals surface area contributed by atoms with Crippen LogP contribution in [0.25, 0.3) is 0 Å². The predicted octanol–water partition coefficient (Wildman–Crippen LogP) is 0.887. The molecule has 0 spiro atoms. The largest absolute Gasteiger partial charge is 0.508 e. The average Bonchev–Trinajstić information content (AvgIpc) is 4.17. The fraction of sp³-hybridized carbons (Fsp3) is 0.649. The molecule has 16 atom stereocenters. The van der Waals surface area contributed by atoms with Crippen LogP contribution < -0.4 is 26.6 Å². The number of carbonyl (C=O) groups excluding carboxylic acids is 7. The minimum atomic E-state index is -2.26. The molecule has 3 aliphatic heterocycles. The van der Waals surface area contributed by atoms with Gasteiger partial charge in [0.1, 0.15) is 53.5 Å². The van der Waals surface area contributed by atoms with Crippen LogP contribution in [0.15, 0.2) is 59.5 Å². The van der Waals surface area contributed by atoms with E-state index in [4.69, 9.17) is 0 Å². The van der Waals surface area contributed by atoms with Crippen molar-refractivity contribution >= 4 is 53.1 Å². The maximum atomic E-state index is 14.6. The van der Waals surface area contributed by atoms with E-state index in [1.54, 1.807) is 36.4 Å². The Labute approximate surface area is 477 Å². The number of carbonyl (C=O) groups is 7. The smallest absolute Gasteiger partial charge is 0.248 e. The quantitative estimate of drug-likeness (QED) is 0.0772. The maximum absolute atomic E-state index is 14.6. The Kier molecular flexibility index (Phi) is 26.1. The lowest BCUT2D eigenvalue weighted by molar-refractivity contribution is -0.146. The molecular weight excluding hydrogens is 1070 g/mol. The first-order valence-electron chi connectivity index (χ1n) is 28.3. The molecule has 2 aromatic rings. The van der Waals surface area contributed by atoms with Crippen LogP contribution in [0.5, 0.6) is 5.75 Å². The molecule has 3 heterocycles. The summed E-state index contributed by atoms with van der Waals surface area (Å²) < 4.78 is 0. The summed E-state index contributed by atoms with van der Waals surface area (Å²) in [5.41, 5.74) is -0.0534. The molecule has 0 saturated carbocycles. The van der Waals surface area contributed by atoms with Gasteiger partial charge >= 0.3 is 0 Å². The lowest BCUT2D eigenvalue weighted by Gasteiger charge is -2.34. The molecule has 0 bridgehead atoms. The fourth-order valence-electron chi connectivity index (χ4n) is 10.6. The summed E-state index contributed by atoms with van der Waals surface area (Å²) in [6.07, 6.45) is -6.43. The Morgan fingerprint density at radius 3 is 2.07 bits per heavy atom. The van der Waals surface area contributed by atoms with Gasteiger partial charge in [-0.15, -0.1) is 0 Å². The van der Waals surface area contributed by atoms with Gasteiger partial charge in [-0.25, -0.2) is 0 Å². The number of nitrogens with zero attached hydrogens (tertiary/aromatic N) is 3. The van der Waals surface area contributed by atoms with E-state index < -0.39 is 158 Å².